The van der Waals surface area contributed by atoms with Gasteiger partial charge in [0.2, 0.25) is 10.0 Å². The molecule has 1 aromatic rings. The second-order valence-corrected chi connectivity index (χ2v) is 6.92. The van der Waals surface area contributed by atoms with Gasteiger partial charge in [-0.2, -0.15) is 0 Å². The number of amides is 1. The Labute approximate surface area is 128 Å². The summed E-state index contributed by atoms with van der Waals surface area (Å²) in [6.07, 6.45) is 3.64. The van der Waals surface area contributed by atoms with E-state index in [2.05, 4.69) is 10.0 Å². The first kappa shape index (κ1) is 16.4. The second-order valence-electron chi connectivity index (χ2n) is 5.21. The highest BCUT2D eigenvalue weighted by molar-refractivity contribution is 7.89. The van der Waals surface area contributed by atoms with Crippen molar-refractivity contribution in [1.82, 2.24) is 10.0 Å². The van der Waals surface area contributed by atoms with E-state index in [4.69, 9.17) is 5.11 Å². The number of nitrogens with one attached hydrogen (secondary N) is 2. The van der Waals surface area contributed by atoms with Crippen LogP contribution in [0, 0.1) is 0 Å². The molecule has 0 atom stereocenters. The van der Waals surface area contributed by atoms with E-state index < -0.39 is 28.4 Å². The van der Waals surface area contributed by atoms with E-state index in [1.54, 1.807) is 0 Å². The number of carboxylic acid groups (broad SMARTS) is 1. The van der Waals surface area contributed by atoms with Crippen LogP contribution in [-0.4, -0.2) is 38.0 Å². The minimum absolute atomic E-state index is 0.00220. The lowest BCUT2D eigenvalue weighted by Gasteiger charge is -2.13. The van der Waals surface area contributed by atoms with Crippen LogP contribution in [0.3, 0.4) is 0 Å². The molecule has 0 unspecified atom stereocenters. The predicted octanol–water partition coefficient (Wildman–Crippen LogP) is 0.722. The third-order valence-corrected chi connectivity index (χ3v) is 5.00. The maximum Gasteiger partial charge on any atom is 0.322 e. The van der Waals surface area contributed by atoms with Crippen LogP contribution in [0.5, 0.6) is 0 Å². The van der Waals surface area contributed by atoms with E-state index in [1.807, 2.05) is 0 Å². The highest BCUT2D eigenvalue weighted by Crippen LogP contribution is 2.20. The van der Waals surface area contributed by atoms with Crippen molar-refractivity contribution in [3.8, 4) is 0 Å². The van der Waals surface area contributed by atoms with Crippen LogP contribution in [0.25, 0.3) is 0 Å². The Morgan fingerprint density at radius 2 is 1.91 bits per heavy atom. The number of carboxylic acids is 1. The smallest absolute Gasteiger partial charge is 0.322 e. The zero-order valence-electron chi connectivity index (χ0n) is 11.9. The first-order chi connectivity index (χ1) is 10.4. The van der Waals surface area contributed by atoms with Crippen molar-refractivity contribution >= 4 is 21.9 Å². The molecule has 0 heterocycles. The van der Waals surface area contributed by atoms with Gasteiger partial charge in [-0.25, -0.2) is 13.1 Å². The molecule has 1 aromatic carbocycles. The van der Waals surface area contributed by atoms with Crippen molar-refractivity contribution in [2.24, 2.45) is 0 Å². The fraction of sp³-hybridized carbons (Fsp3) is 0.429. The average Bonchev–Trinajstić information content (AvgIpc) is 2.97. The average molecular weight is 326 g/mol. The molecule has 2 rings (SSSR count). The minimum atomic E-state index is -3.68. The molecule has 0 aliphatic heterocycles. The van der Waals surface area contributed by atoms with Crippen molar-refractivity contribution in [3.63, 3.8) is 0 Å². The first-order valence-electron chi connectivity index (χ1n) is 7.01. The molecule has 0 radical (unpaired) electrons. The molecule has 0 aromatic heterocycles. The lowest BCUT2D eigenvalue weighted by Crippen LogP contribution is -2.33. The monoisotopic (exact) mass is 326 g/mol. The number of hydrogen-bond acceptors (Lipinski definition) is 4. The van der Waals surface area contributed by atoms with Crippen LogP contribution in [0.15, 0.2) is 29.2 Å². The SMILES string of the molecule is O=C(O)CNC(=O)c1cccc(S(=O)(=O)NC2CCCC2)c1. The van der Waals surface area contributed by atoms with Gasteiger partial charge in [-0.1, -0.05) is 18.9 Å². The van der Waals surface area contributed by atoms with Crippen LogP contribution in [0.1, 0.15) is 36.0 Å². The van der Waals surface area contributed by atoms with Crippen molar-refractivity contribution in [2.45, 2.75) is 36.6 Å². The molecule has 1 fully saturated rings. The van der Waals surface area contributed by atoms with E-state index in [-0.39, 0.29) is 16.5 Å². The largest absolute Gasteiger partial charge is 0.480 e. The van der Waals surface area contributed by atoms with E-state index in [0.29, 0.717) is 0 Å². The van der Waals surface area contributed by atoms with Gasteiger partial charge in [0.1, 0.15) is 6.54 Å². The molecule has 8 heteroatoms. The highest BCUT2D eigenvalue weighted by atomic mass is 32.2. The molecule has 1 aliphatic carbocycles. The fourth-order valence-corrected chi connectivity index (χ4v) is 3.74. The summed E-state index contributed by atoms with van der Waals surface area (Å²) in [6.45, 7) is -0.518. The van der Waals surface area contributed by atoms with Gasteiger partial charge in [0.15, 0.2) is 0 Å². The summed E-state index contributed by atoms with van der Waals surface area (Å²) in [4.78, 5) is 22.2. The second kappa shape index (κ2) is 6.89. The molecular weight excluding hydrogens is 308 g/mol. The number of rotatable bonds is 6. The van der Waals surface area contributed by atoms with Crippen molar-refractivity contribution in [2.75, 3.05) is 6.54 Å². The maximum atomic E-state index is 12.3. The number of aliphatic carboxylic acids is 1. The van der Waals surface area contributed by atoms with Gasteiger partial charge in [0.25, 0.3) is 5.91 Å². The molecule has 0 bridgehead atoms. The summed E-state index contributed by atoms with van der Waals surface area (Å²) in [6, 6.07) is 5.49. The van der Waals surface area contributed by atoms with Crippen LogP contribution in [0.4, 0.5) is 0 Å². The Morgan fingerprint density at radius 3 is 2.55 bits per heavy atom. The van der Waals surface area contributed by atoms with Gasteiger partial charge in [-0.3, -0.25) is 9.59 Å². The van der Waals surface area contributed by atoms with Crippen molar-refractivity contribution in [3.05, 3.63) is 29.8 Å². The third kappa shape index (κ3) is 4.28. The van der Waals surface area contributed by atoms with Crippen molar-refractivity contribution < 1.29 is 23.1 Å². The van der Waals surface area contributed by atoms with E-state index >= 15 is 0 Å². The quantitative estimate of drug-likeness (QED) is 0.713. The summed E-state index contributed by atoms with van der Waals surface area (Å²) < 4.78 is 27.2. The minimum Gasteiger partial charge on any atom is -0.480 e. The Morgan fingerprint density at radius 1 is 1.23 bits per heavy atom. The zero-order chi connectivity index (χ0) is 16.2. The number of carbonyl (C=O) groups is 2. The normalized spacial score (nSPS) is 15.6. The number of sulfonamides is 1. The van der Waals surface area contributed by atoms with Gasteiger partial charge in [-0.05, 0) is 31.0 Å². The Hall–Kier alpha value is -1.93. The number of benzene rings is 1. The Kier molecular flexibility index (Phi) is 5.15. The maximum absolute atomic E-state index is 12.3. The van der Waals surface area contributed by atoms with Crippen LogP contribution >= 0.6 is 0 Å². The Bertz CT molecular complexity index is 666. The molecule has 22 heavy (non-hydrogen) atoms. The Balaban J connectivity index is 2.12. The summed E-state index contributed by atoms with van der Waals surface area (Å²) in [5.74, 6) is -1.79. The molecular formula is C14H18N2O5S. The highest BCUT2D eigenvalue weighted by Gasteiger charge is 2.23. The van der Waals surface area contributed by atoms with Gasteiger partial charge in [-0.15, -0.1) is 0 Å². The standard InChI is InChI=1S/C14H18N2O5S/c17-13(18)9-15-14(19)10-4-3-7-12(8-10)22(20,21)16-11-5-1-2-6-11/h3-4,7-8,11,16H,1-2,5-6,9H2,(H,15,19)(H,17,18). The molecule has 0 spiro atoms. The lowest BCUT2D eigenvalue weighted by atomic mass is 10.2. The van der Waals surface area contributed by atoms with Crippen molar-refractivity contribution in [1.29, 1.82) is 0 Å². The predicted molar refractivity (Wildman–Crippen MR) is 79.0 cm³/mol. The first-order valence-corrected chi connectivity index (χ1v) is 8.49. The molecule has 1 aliphatic rings. The molecule has 120 valence electrons. The van der Waals surface area contributed by atoms with Gasteiger partial charge >= 0.3 is 5.97 Å². The molecule has 0 saturated heterocycles. The topological polar surface area (TPSA) is 113 Å². The number of carbonyl (C=O) groups excluding carboxylic acids is 1. The molecule has 7 nitrogen and oxygen atoms in total. The van der Waals surface area contributed by atoms with Crippen LogP contribution in [-0.2, 0) is 14.8 Å². The van der Waals surface area contributed by atoms with E-state index in [1.165, 1.54) is 24.3 Å². The van der Waals surface area contributed by atoms with Gasteiger partial charge in [0.05, 0.1) is 4.90 Å². The number of hydrogen-bond donors (Lipinski definition) is 3. The summed E-state index contributed by atoms with van der Waals surface area (Å²) in [5, 5.41) is 10.7. The molecule has 3 N–H and O–H groups in total. The lowest BCUT2D eigenvalue weighted by molar-refractivity contribution is -0.135. The van der Waals surface area contributed by atoms with Crippen LogP contribution in [0.2, 0.25) is 0 Å². The van der Waals surface area contributed by atoms with Gasteiger partial charge < -0.3 is 10.4 Å². The fourth-order valence-electron chi connectivity index (χ4n) is 2.39. The third-order valence-electron chi connectivity index (χ3n) is 3.48. The van der Waals surface area contributed by atoms with Gasteiger partial charge in [0, 0.05) is 11.6 Å². The van der Waals surface area contributed by atoms with E-state index in [9.17, 15) is 18.0 Å². The zero-order valence-corrected chi connectivity index (χ0v) is 12.7. The van der Waals surface area contributed by atoms with Crippen LogP contribution < -0.4 is 10.0 Å². The summed E-state index contributed by atoms with van der Waals surface area (Å²) in [5.41, 5.74) is 0.107. The molecule has 1 amide bonds. The molecule has 1 saturated carbocycles. The summed E-state index contributed by atoms with van der Waals surface area (Å²) in [7, 11) is -3.68. The summed E-state index contributed by atoms with van der Waals surface area (Å²) >= 11 is 0. The van der Waals surface area contributed by atoms with E-state index in [0.717, 1.165) is 25.7 Å².